The predicted molar refractivity (Wildman–Crippen MR) is 272 cm³/mol. The zero-order valence-corrected chi connectivity index (χ0v) is 37.7. The molecular formula is C60H49N3O3. The minimum absolute atomic E-state index is 0.684. The monoisotopic (exact) mass is 859 g/mol. The van der Waals surface area contributed by atoms with E-state index < -0.39 is 5.41 Å². The highest BCUT2D eigenvalue weighted by Gasteiger charge is 2.34. The van der Waals surface area contributed by atoms with Crippen molar-refractivity contribution in [3.05, 3.63) is 251 Å². The van der Waals surface area contributed by atoms with Crippen LogP contribution in [0.25, 0.3) is 16.7 Å². The molecule has 6 heteroatoms. The summed E-state index contributed by atoms with van der Waals surface area (Å²) in [4.78, 5) is 14.4. The SMILES string of the molecule is COc1ccc(C(C)(c2ccc(OC)c(C(=C=Nc3ccccc3)c3ccccc3)c2)c2ccc(OC)c(C(=C=Nc3ccccc3)c3ccccc3)c2)cc1C(C)=C=Nc1ccccc1. The summed E-state index contributed by atoms with van der Waals surface area (Å²) >= 11 is 0. The van der Waals surface area contributed by atoms with Crippen LogP contribution in [0.2, 0.25) is 0 Å². The molecule has 0 atom stereocenters. The van der Waals surface area contributed by atoms with Gasteiger partial charge >= 0.3 is 0 Å². The maximum Gasteiger partial charge on any atom is 0.127 e. The Kier molecular flexibility index (Phi) is 13.9. The minimum Gasteiger partial charge on any atom is -0.496 e. The molecule has 0 spiro atoms. The van der Waals surface area contributed by atoms with E-state index in [1.54, 1.807) is 21.3 Å². The topological polar surface area (TPSA) is 64.8 Å². The largest absolute Gasteiger partial charge is 0.496 e. The number of allylic oxidation sites excluding steroid dienone is 1. The second-order valence-electron chi connectivity index (χ2n) is 15.7. The van der Waals surface area contributed by atoms with Gasteiger partial charge < -0.3 is 14.2 Å². The van der Waals surface area contributed by atoms with Crippen molar-refractivity contribution in [3.8, 4) is 17.2 Å². The molecule has 0 N–H and O–H groups in total. The molecule has 322 valence electrons. The minimum atomic E-state index is -0.823. The lowest BCUT2D eigenvalue weighted by Gasteiger charge is -2.34. The van der Waals surface area contributed by atoms with Gasteiger partial charge in [0.2, 0.25) is 0 Å². The van der Waals surface area contributed by atoms with Crippen LogP contribution in [0, 0.1) is 0 Å². The molecule has 66 heavy (non-hydrogen) atoms. The smallest absolute Gasteiger partial charge is 0.127 e. The number of rotatable bonds is 14. The first-order valence-corrected chi connectivity index (χ1v) is 21.7. The predicted octanol–water partition coefficient (Wildman–Crippen LogP) is 14.3. The lowest BCUT2D eigenvalue weighted by molar-refractivity contribution is 0.412. The van der Waals surface area contributed by atoms with Gasteiger partial charge in [-0.1, -0.05) is 133 Å². The summed E-state index contributed by atoms with van der Waals surface area (Å²) in [5, 5.41) is 0. The Morgan fingerprint density at radius 3 is 1.03 bits per heavy atom. The number of benzene rings is 8. The van der Waals surface area contributed by atoms with Gasteiger partial charge in [-0.3, -0.25) is 0 Å². The summed E-state index contributed by atoms with van der Waals surface area (Å²) in [6.07, 6.45) is 0. The van der Waals surface area contributed by atoms with E-state index in [-0.39, 0.29) is 0 Å². The molecule has 0 aliphatic heterocycles. The van der Waals surface area contributed by atoms with Crippen molar-refractivity contribution >= 4 is 51.4 Å². The normalized spacial score (nSPS) is 11.3. The lowest BCUT2D eigenvalue weighted by Crippen LogP contribution is -2.26. The second-order valence-corrected chi connectivity index (χ2v) is 15.7. The van der Waals surface area contributed by atoms with E-state index in [2.05, 4.69) is 85.2 Å². The van der Waals surface area contributed by atoms with Crippen molar-refractivity contribution in [2.24, 2.45) is 15.0 Å². The molecule has 0 radical (unpaired) electrons. The van der Waals surface area contributed by atoms with Gasteiger partial charge in [-0.25, -0.2) is 15.0 Å². The van der Waals surface area contributed by atoms with E-state index in [4.69, 9.17) is 29.2 Å². The zero-order chi connectivity index (χ0) is 45.7. The number of ether oxygens (including phenoxy) is 3. The molecule has 0 aliphatic carbocycles. The third-order valence-corrected chi connectivity index (χ3v) is 11.6. The van der Waals surface area contributed by atoms with Gasteiger partial charge in [0, 0.05) is 27.7 Å². The summed E-state index contributed by atoms with van der Waals surface area (Å²) in [6.45, 7) is 4.26. The molecule has 0 aliphatic rings. The summed E-state index contributed by atoms with van der Waals surface area (Å²) in [6, 6.07) is 69.0. The fourth-order valence-electron chi connectivity index (χ4n) is 7.97. The van der Waals surface area contributed by atoms with Crippen molar-refractivity contribution in [3.63, 3.8) is 0 Å². The maximum absolute atomic E-state index is 6.14. The van der Waals surface area contributed by atoms with Gasteiger partial charge in [0.25, 0.3) is 0 Å². The average molecular weight is 860 g/mol. The van der Waals surface area contributed by atoms with Crippen LogP contribution in [0.15, 0.2) is 221 Å². The van der Waals surface area contributed by atoms with E-state index >= 15 is 0 Å². The fourth-order valence-corrected chi connectivity index (χ4v) is 7.97. The molecule has 8 aromatic carbocycles. The van der Waals surface area contributed by atoms with Crippen molar-refractivity contribution in [2.45, 2.75) is 19.3 Å². The third-order valence-electron chi connectivity index (χ3n) is 11.6. The van der Waals surface area contributed by atoms with Crippen LogP contribution in [-0.2, 0) is 5.41 Å². The molecule has 0 amide bonds. The first kappa shape index (κ1) is 44.1. The highest BCUT2D eigenvalue weighted by Crippen LogP contribution is 2.46. The van der Waals surface area contributed by atoms with Gasteiger partial charge in [0.05, 0.1) is 49.5 Å². The van der Waals surface area contributed by atoms with E-state index in [9.17, 15) is 0 Å². The Bertz CT molecular complexity index is 2990. The lowest BCUT2D eigenvalue weighted by atomic mass is 9.69. The highest BCUT2D eigenvalue weighted by molar-refractivity contribution is 6.02. The van der Waals surface area contributed by atoms with Crippen LogP contribution >= 0.6 is 0 Å². The maximum atomic E-state index is 6.14. The molecule has 0 saturated carbocycles. The molecule has 0 aromatic heterocycles. The van der Waals surface area contributed by atoms with Crippen LogP contribution in [0.5, 0.6) is 17.2 Å². The van der Waals surface area contributed by atoms with Gasteiger partial charge in [-0.15, -0.1) is 0 Å². The Morgan fingerprint density at radius 2 is 0.682 bits per heavy atom. The first-order valence-electron chi connectivity index (χ1n) is 21.7. The van der Waals surface area contributed by atoms with Crippen molar-refractivity contribution < 1.29 is 14.2 Å². The molecule has 0 saturated heterocycles. The second kappa shape index (κ2) is 20.8. The Labute approximate surface area is 387 Å². The van der Waals surface area contributed by atoms with Crippen molar-refractivity contribution in [1.82, 2.24) is 0 Å². The van der Waals surface area contributed by atoms with Crippen LogP contribution in [0.3, 0.4) is 0 Å². The number of hydrogen-bond donors (Lipinski definition) is 0. The highest BCUT2D eigenvalue weighted by atomic mass is 16.5. The number of nitrogens with zero attached hydrogens (tertiary/aromatic N) is 3. The van der Waals surface area contributed by atoms with E-state index in [0.717, 1.165) is 78.3 Å². The van der Waals surface area contributed by atoms with E-state index in [1.807, 2.05) is 153 Å². The van der Waals surface area contributed by atoms with Crippen LogP contribution in [-0.4, -0.2) is 38.9 Å². The van der Waals surface area contributed by atoms with Gasteiger partial charge in [0.15, 0.2) is 0 Å². The van der Waals surface area contributed by atoms with Gasteiger partial charge in [0.1, 0.15) is 17.2 Å². The number of methoxy groups -OCH3 is 3. The van der Waals surface area contributed by atoms with E-state index in [0.29, 0.717) is 17.2 Å². The average Bonchev–Trinajstić information content (AvgIpc) is 3.39. The van der Waals surface area contributed by atoms with Crippen LogP contribution < -0.4 is 14.2 Å². The number of aliphatic imine (C=N–C) groups is 3. The summed E-state index contributed by atoms with van der Waals surface area (Å²) in [5.41, 5.74) is 11.4. The molecule has 0 unspecified atom stereocenters. The Balaban J connectivity index is 1.42. The molecule has 0 heterocycles. The number of para-hydroxylation sites is 3. The molecule has 0 fully saturated rings. The molecule has 8 aromatic rings. The molecule has 0 bridgehead atoms. The van der Waals surface area contributed by atoms with Crippen LogP contribution in [0.1, 0.15) is 58.4 Å². The summed E-state index contributed by atoms with van der Waals surface area (Å²) in [7, 11) is 5.08. The van der Waals surface area contributed by atoms with Crippen LogP contribution in [0.4, 0.5) is 17.1 Å². The molecule has 6 nitrogen and oxygen atoms in total. The first-order chi connectivity index (χ1) is 32.4. The Hall–Kier alpha value is -8.49. The summed E-state index contributed by atoms with van der Waals surface area (Å²) in [5.74, 6) is 12.3. The van der Waals surface area contributed by atoms with Crippen molar-refractivity contribution in [1.29, 1.82) is 0 Å². The third kappa shape index (κ3) is 9.83. The number of hydrogen-bond acceptors (Lipinski definition) is 6. The van der Waals surface area contributed by atoms with Gasteiger partial charge in [-0.2, -0.15) is 0 Å². The van der Waals surface area contributed by atoms with Gasteiger partial charge in [-0.05, 0) is 132 Å². The van der Waals surface area contributed by atoms with Crippen molar-refractivity contribution in [2.75, 3.05) is 21.3 Å². The zero-order valence-electron chi connectivity index (χ0n) is 37.7. The summed E-state index contributed by atoms with van der Waals surface area (Å²) < 4.78 is 18.3. The Morgan fingerprint density at radius 1 is 0.379 bits per heavy atom. The fraction of sp³-hybridized carbons (Fsp3) is 0.100. The molecule has 8 rings (SSSR count). The standard InChI is InChI=1S/C60H49N3O3/c1-43(40-61-49-25-15-8-16-26-49)52-37-46(31-34-57(52)64-3)60(2,47-32-35-58(65-4)53(38-47)55(44-21-11-6-12-22-44)41-62-50-27-17-9-18-28-50)48-33-36-59(66-5)54(39-48)56(45-23-13-7-14-24-45)42-63-51-29-19-10-20-30-51/h6-39H,1-5H3. The molecular weight excluding hydrogens is 811 g/mol. The van der Waals surface area contributed by atoms with E-state index in [1.165, 1.54) is 0 Å². The quantitative estimate of drug-likeness (QED) is 0.0808.